The molecule has 21 heavy (non-hydrogen) atoms. The molecular formula is C14H18BrCl2N3O. The van der Waals surface area contributed by atoms with Crippen molar-refractivity contribution in [2.45, 2.75) is 19.4 Å². The third-order valence-corrected chi connectivity index (χ3v) is 5.52. The fourth-order valence-electron chi connectivity index (χ4n) is 2.27. The number of anilines is 1. The molecule has 0 bridgehead atoms. The van der Waals surface area contributed by atoms with Crippen LogP contribution in [-0.2, 0) is 4.79 Å². The molecule has 7 heteroatoms. The van der Waals surface area contributed by atoms with Crippen molar-refractivity contribution in [1.29, 1.82) is 0 Å². The summed E-state index contributed by atoms with van der Waals surface area (Å²) in [5.74, 6) is -0.0929. The Morgan fingerprint density at radius 1 is 1.29 bits per heavy atom. The highest BCUT2D eigenvalue weighted by Crippen LogP contribution is 2.36. The number of hydrogen-bond acceptors (Lipinski definition) is 3. The maximum Gasteiger partial charge on any atom is 0.244 e. The van der Waals surface area contributed by atoms with Gasteiger partial charge >= 0.3 is 0 Å². The minimum atomic E-state index is -0.606. The summed E-state index contributed by atoms with van der Waals surface area (Å²) in [7, 11) is 0. The number of hydrogen-bond donors (Lipinski definition) is 2. The fraction of sp³-hybridized carbons (Fsp3) is 0.500. The quantitative estimate of drug-likeness (QED) is 0.772. The summed E-state index contributed by atoms with van der Waals surface area (Å²) >= 11 is 15.6. The lowest BCUT2D eigenvalue weighted by Crippen LogP contribution is -2.58. The normalized spacial score (nSPS) is 16.8. The number of benzene rings is 1. The van der Waals surface area contributed by atoms with E-state index < -0.39 is 5.54 Å². The smallest absolute Gasteiger partial charge is 0.244 e. The Hall–Kier alpha value is -0.330. The summed E-state index contributed by atoms with van der Waals surface area (Å²) < 4.78 is 0.702. The molecule has 0 saturated carbocycles. The average Bonchev–Trinajstić information content (AvgIpc) is 2.48. The number of nitrogens with zero attached hydrogens (tertiary/aromatic N) is 1. The first-order valence-corrected chi connectivity index (χ1v) is 8.29. The number of nitrogens with one attached hydrogen (secondary N) is 2. The van der Waals surface area contributed by atoms with E-state index in [0.717, 1.165) is 26.2 Å². The van der Waals surface area contributed by atoms with Gasteiger partial charge in [-0.25, -0.2) is 0 Å². The van der Waals surface area contributed by atoms with Crippen LogP contribution in [0.2, 0.25) is 10.0 Å². The van der Waals surface area contributed by atoms with Crippen LogP contribution in [0, 0.1) is 0 Å². The van der Waals surface area contributed by atoms with Gasteiger partial charge in [-0.05, 0) is 41.9 Å². The maximum absolute atomic E-state index is 12.6. The van der Waals surface area contributed by atoms with Gasteiger partial charge in [0.2, 0.25) is 5.91 Å². The predicted octanol–water partition coefficient (Wildman–Crippen LogP) is 3.38. The molecular weight excluding hydrogens is 377 g/mol. The second-order valence-corrected chi connectivity index (χ2v) is 7.08. The molecule has 1 saturated heterocycles. The second kappa shape index (κ2) is 6.84. The Balaban J connectivity index is 2.15. The molecule has 2 rings (SSSR count). The Kier molecular flexibility index (Phi) is 5.54. The number of carbonyl (C=O) groups is 1. The first-order valence-electron chi connectivity index (χ1n) is 6.74. The molecule has 1 amide bonds. The van der Waals surface area contributed by atoms with Crippen LogP contribution in [0.5, 0.6) is 0 Å². The van der Waals surface area contributed by atoms with Gasteiger partial charge in [-0.3, -0.25) is 9.69 Å². The summed E-state index contributed by atoms with van der Waals surface area (Å²) in [6.45, 7) is 7.30. The van der Waals surface area contributed by atoms with Crippen molar-refractivity contribution in [2.24, 2.45) is 0 Å². The van der Waals surface area contributed by atoms with Crippen molar-refractivity contribution < 1.29 is 4.79 Å². The fourth-order valence-corrected chi connectivity index (χ4v) is 3.09. The molecule has 1 aliphatic heterocycles. The van der Waals surface area contributed by atoms with Crippen LogP contribution >= 0.6 is 39.1 Å². The summed E-state index contributed by atoms with van der Waals surface area (Å²) in [6.07, 6.45) is 0. The average molecular weight is 395 g/mol. The van der Waals surface area contributed by atoms with Gasteiger partial charge in [-0.1, -0.05) is 23.2 Å². The van der Waals surface area contributed by atoms with E-state index >= 15 is 0 Å². The lowest BCUT2D eigenvalue weighted by atomic mass is 10.0. The molecule has 116 valence electrons. The van der Waals surface area contributed by atoms with Gasteiger partial charge < -0.3 is 10.6 Å². The Labute approximate surface area is 143 Å². The number of amides is 1. The van der Waals surface area contributed by atoms with Crippen LogP contribution < -0.4 is 10.6 Å². The zero-order chi connectivity index (χ0) is 15.6. The number of halogens is 3. The molecule has 1 aromatic rings. The molecule has 4 nitrogen and oxygen atoms in total. The maximum atomic E-state index is 12.6. The van der Waals surface area contributed by atoms with Gasteiger partial charge in [0.1, 0.15) is 0 Å². The van der Waals surface area contributed by atoms with E-state index in [2.05, 4.69) is 31.5 Å². The highest BCUT2D eigenvalue weighted by atomic mass is 79.9. The van der Waals surface area contributed by atoms with Gasteiger partial charge in [0.25, 0.3) is 0 Å². The van der Waals surface area contributed by atoms with Crippen molar-refractivity contribution in [2.75, 3.05) is 31.5 Å². The van der Waals surface area contributed by atoms with E-state index in [9.17, 15) is 4.79 Å². The van der Waals surface area contributed by atoms with Gasteiger partial charge in [0.05, 0.1) is 21.3 Å². The van der Waals surface area contributed by atoms with Crippen molar-refractivity contribution >= 4 is 50.7 Å². The van der Waals surface area contributed by atoms with Gasteiger partial charge in [0.15, 0.2) is 0 Å². The zero-order valence-electron chi connectivity index (χ0n) is 12.0. The highest BCUT2D eigenvalue weighted by molar-refractivity contribution is 9.10. The topological polar surface area (TPSA) is 44.4 Å². The van der Waals surface area contributed by atoms with E-state index in [-0.39, 0.29) is 5.91 Å². The van der Waals surface area contributed by atoms with Gasteiger partial charge in [-0.15, -0.1) is 0 Å². The SMILES string of the molecule is CC(C)(C(=O)Nc1ccc(Br)c(Cl)c1Cl)N1CCNCC1. The molecule has 1 fully saturated rings. The van der Waals surface area contributed by atoms with Crippen LogP contribution in [-0.4, -0.2) is 42.5 Å². The third-order valence-electron chi connectivity index (χ3n) is 3.75. The lowest BCUT2D eigenvalue weighted by Gasteiger charge is -2.39. The van der Waals surface area contributed by atoms with Crippen molar-refractivity contribution in [1.82, 2.24) is 10.2 Å². The van der Waals surface area contributed by atoms with Gasteiger partial charge in [0, 0.05) is 30.7 Å². The largest absolute Gasteiger partial charge is 0.323 e. The predicted molar refractivity (Wildman–Crippen MR) is 91.3 cm³/mol. The first kappa shape index (κ1) is 17.0. The Morgan fingerprint density at radius 2 is 1.90 bits per heavy atom. The minimum Gasteiger partial charge on any atom is -0.323 e. The molecule has 0 atom stereocenters. The van der Waals surface area contributed by atoms with Crippen LogP contribution in [0.15, 0.2) is 16.6 Å². The van der Waals surface area contributed by atoms with Crippen LogP contribution in [0.4, 0.5) is 5.69 Å². The van der Waals surface area contributed by atoms with Crippen LogP contribution in [0.1, 0.15) is 13.8 Å². The van der Waals surface area contributed by atoms with Gasteiger partial charge in [-0.2, -0.15) is 0 Å². The summed E-state index contributed by atoms with van der Waals surface area (Å²) in [5, 5.41) is 6.90. The second-order valence-electron chi connectivity index (χ2n) is 5.47. The van der Waals surface area contributed by atoms with E-state index in [0.29, 0.717) is 20.2 Å². The molecule has 2 N–H and O–H groups in total. The Bertz CT molecular complexity index is 545. The Morgan fingerprint density at radius 3 is 2.52 bits per heavy atom. The summed E-state index contributed by atoms with van der Waals surface area (Å²) in [6, 6.07) is 3.51. The number of rotatable bonds is 3. The van der Waals surface area contributed by atoms with Crippen LogP contribution in [0.25, 0.3) is 0 Å². The van der Waals surface area contributed by atoms with E-state index in [4.69, 9.17) is 23.2 Å². The van der Waals surface area contributed by atoms with E-state index in [1.165, 1.54) is 0 Å². The van der Waals surface area contributed by atoms with Crippen molar-refractivity contribution in [3.05, 3.63) is 26.7 Å². The molecule has 1 aliphatic rings. The first-order chi connectivity index (χ1) is 9.84. The minimum absolute atomic E-state index is 0.0929. The molecule has 0 aromatic heterocycles. The molecule has 1 aromatic carbocycles. The molecule has 0 spiro atoms. The van der Waals surface area contributed by atoms with Crippen molar-refractivity contribution in [3.63, 3.8) is 0 Å². The van der Waals surface area contributed by atoms with E-state index in [1.807, 2.05) is 13.8 Å². The highest BCUT2D eigenvalue weighted by Gasteiger charge is 2.35. The molecule has 1 heterocycles. The third kappa shape index (κ3) is 3.71. The van der Waals surface area contributed by atoms with E-state index in [1.54, 1.807) is 12.1 Å². The lowest BCUT2D eigenvalue weighted by molar-refractivity contribution is -0.126. The summed E-state index contributed by atoms with van der Waals surface area (Å²) in [4.78, 5) is 14.8. The molecule has 0 unspecified atom stereocenters. The molecule has 0 aliphatic carbocycles. The zero-order valence-corrected chi connectivity index (χ0v) is 15.1. The summed E-state index contributed by atoms with van der Waals surface area (Å²) in [5.41, 5.74) is -0.0802. The molecule has 0 radical (unpaired) electrons. The monoisotopic (exact) mass is 393 g/mol. The number of carbonyl (C=O) groups excluding carboxylic acids is 1. The van der Waals surface area contributed by atoms with Crippen molar-refractivity contribution in [3.8, 4) is 0 Å². The number of piperazine rings is 1. The van der Waals surface area contributed by atoms with Crippen LogP contribution in [0.3, 0.4) is 0 Å². The standard InChI is InChI=1S/C14H18BrCl2N3O/c1-14(2,20-7-5-18-6-8-20)13(21)19-10-4-3-9(15)11(16)12(10)17/h3-4,18H,5-8H2,1-2H3,(H,19,21).